The molecule has 5 nitrogen and oxygen atoms in total. The van der Waals surface area contributed by atoms with E-state index in [-0.39, 0.29) is 11.8 Å². The number of hydrogen-bond acceptors (Lipinski definition) is 3. The minimum absolute atomic E-state index is 0.154. The first kappa shape index (κ1) is 20.4. The number of nitrogens with one attached hydrogen (secondary N) is 1. The van der Waals surface area contributed by atoms with Gasteiger partial charge in [-0.2, -0.15) is 0 Å². The van der Waals surface area contributed by atoms with Crippen molar-refractivity contribution in [3.8, 4) is 5.75 Å². The minimum Gasteiger partial charge on any atom is -0.479 e. The van der Waals surface area contributed by atoms with Crippen LogP contribution in [0.2, 0.25) is 5.02 Å². The molecule has 4 rings (SSSR count). The lowest BCUT2D eigenvalue weighted by Crippen LogP contribution is -2.44. The minimum atomic E-state index is -0.597. The normalized spacial score (nSPS) is 15.4. The van der Waals surface area contributed by atoms with Gasteiger partial charge in [0.25, 0.3) is 11.8 Å². The Hall–Kier alpha value is -2.83. The van der Waals surface area contributed by atoms with Crippen molar-refractivity contribution in [2.75, 3.05) is 10.2 Å². The zero-order valence-corrected chi connectivity index (χ0v) is 18.4. The number of carbonyl (C=O) groups is 2. The van der Waals surface area contributed by atoms with E-state index in [9.17, 15) is 9.59 Å². The molecule has 2 amide bonds. The van der Waals surface area contributed by atoms with Crippen LogP contribution in [0.5, 0.6) is 5.75 Å². The van der Waals surface area contributed by atoms with E-state index in [1.165, 1.54) is 0 Å². The second kappa shape index (κ2) is 8.50. The molecule has 0 aromatic heterocycles. The van der Waals surface area contributed by atoms with Crippen molar-refractivity contribution in [2.45, 2.75) is 19.6 Å². The summed E-state index contributed by atoms with van der Waals surface area (Å²) in [5, 5.41) is 3.49. The summed E-state index contributed by atoms with van der Waals surface area (Å²) >= 11 is 9.46. The first-order valence-corrected chi connectivity index (χ1v) is 10.5. The molecule has 0 bridgehead atoms. The molecule has 0 saturated carbocycles. The van der Waals surface area contributed by atoms with Crippen molar-refractivity contribution in [1.82, 2.24) is 0 Å². The van der Waals surface area contributed by atoms with E-state index in [1.54, 1.807) is 48.2 Å². The Labute approximate surface area is 187 Å². The molecule has 1 atom stereocenters. The lowest BCUT2D eigenvalue weighted by molar-refractivity contribution is -0.125. The van der Waals surface area contributed by atoms with Crippen molar-refractivity contribution >= 4 is 50.7 Å². The van der Waals surface area contributed by atoms with Crippen LogP contribution in [0.15, 0.2) is 71.2 Å². The summed E-state index contributed by atoms with van der Waals surface area (Å²) in [6.07, 6.45) is -0.597. The number of halogens is 2. The van der Waals surface area contributed by atoms with Gasteiger partial charge in [-0.3, -0.25) is 9.59 Å². The van der Waals surface area contributed by atoms with E-state index in [0.717, 1.165) is 10.0 Å². The molecule has 1 aliphatic heterocycles. The monoisotopic (exact) mass is 484 g/mol. The van der Waals surface area contributed by atoms with E-state index < -0.39 is 6.10 Å². The zero-order chi connectivity index (χ0) is 21.3. The van der Waals surface area contributed by atoms with E-state index >= 15 is 0 Å². The van der Waals surface area contributed by atoms with Gasteiger partial charge in [-0.1, -0.05) is 39.7 Å². The van der Waals surface area contributed by atoms with Crippen LogP contribution in [0.3, 0.4) is 0 Å². The van der Waals surface area contributed by atoms with E-state index in [0.29, 0.717) is 34.3 Å². The van der Waals surface area contributed by atoms with Gasteiger partial charge in [0.1, 0.15) is 5.75 Å². The number of carbonyl (C=O) groups excluding carboxylic acids is 2. The molecular weight excluding hydrogens is 468 g/mol. The molecule has 3 aromatic carbocycles. The molecule has 1 aliphatic rings. The summed E-state index contributed by atoms with van der Waals surface area (Å²) in [5.74, 6) is 0.199. The highest BCUT2D eigenvalue weighted by atomic mass is 79.9. The average Bonchev–Trinajstić information content (AvgIpc) is 2.72. The van der Waals surface area contributed by atoms with Crippen molar-refractivity contribution in [3.05, 3.63) is 87.4 Å². The maximum absolute atomic E-state index is 12.8. The smallest absolute Gasteiger partial charge is 0.268 e. The Morgan fingerprint density at radius 2 is 1.90 bits per heavy atom. The predicted molar refractivity (Wildman–Crippen MR) is 121 cm³/mol. The molecular formula is C23H18BrClN2O3. The molecule has 0 spiro atoms. The number of rotatable bonds is 4. The fourth-order valence-corrected chi connectivity index (χ4v) is 3.75. The Balaban J connectivity index is 1.63. The van der Waals surface area contributed by atoms with Gasteiger partial charge in [-0.25, -0.2) is 0 Å². The van der Waals surface area contributed by atoms with E-state index in [2.05, 4.69) is 21.2 Å². The second-order valence-corrected chi connectivity index (χ2v) is 8.31. The number of benzene rings is 3. The number of anilines is 2. The first-order chi connectivity index (χ1) is 14.4. The lowest BCUT2D eigenvalue weighted by atomic mass is 10.1. The van der Waals surface area contributed by atoms with Gasteiger partial charge in [0.05, 0.1) is 12.2 Å². The molecule has 1 heterocycles. The van der Waals surface area contributed by atoms with Crippen molar-refractivity contribution in [2.24, 2.45) is 0 Å². The van der Waals surface area contributed by atoms with Crippen LogP contribution in [0, 0.1) is 0 Å². The van der Waals surface area contributed by atoms with Gasteiger partial charge < -0.3 is 15.0 Å². The summed E-state index contributed by atoms with van der Waals surface area (Å²) in [6, 6.07) is 19.7. The lowest BCUT2D eigenvalue weighted by Gasteiger charge is -2.33. The van der Waals surface area contributed by atoms with Crippen LogP contribution in [-0.4, -0.2) is 17.9 Å². The first-order valence-electron chi connectivity index (χ1n) is 9.34. The van der Waals surface area contributed by atoms with Gasteiger partial charge in [0.2, 0.25) is 0 Å². The standard InChI is InChI=1S/C23H18BrClN2O3/c1-14-23(29)27(13-15-3-2-4-18(25)11-15)20-12-19(9-10-21(20)30-14)26-22(28)16-5-7-17(24)8-6-16/h2-12,14H,13H2,1H3,(H,26,28). The van der Waals surface area contributed by atoms with Crippen LogP contribution in [0.25, 0.3) is 0 Å². The van der Waals surface area contributed by atoms with Gasteiger partial charge in [0, 0.05) is 20.7 Å². The quantitative estimate of drug-likeness (QED) is 0.518. The molecule has 1 N–H and O–H groups in total. The summed E-state index contributed by atoms with van der Waals surface area (Å²) in [7, 11) is 0. The molecule has 1 unspecified atom stereocenters. The summed E-state index contributed by atoms with van der Waals surface area (Å²) < 4.78 is 6.66. The van der Waals surface area contributed by atoms with Gasteiger partial charge in [0.15, 0.2) is 6.10 Å². The fourth-order valence-electron chi connectivity index (χ4n) is 3.27. The zero-order valence-electron chi connectivity index (χ0n) is 16.1. The van der Waals surface area contributed by atoms with Crippen LogP contribution in [0.1, 0.15) is 22.8 Å². The molecule has 152 valence electrons. The van der Waals surface area contributed by atoms with E-state index in [4.69, 9.17) is 16.3 Å². The van der Waals surface area contributed by atoms with Crippen molar-refractivity contribution < 1.29 is 14.3 Å². The van der Waals surface area contributed by atoms with Gasteiger partial charge >= 0.3 is 0 Å². The number of amides is 2. The number of ether oxygens (including phenoxy) is 1. The largest absolute Gasteiger partial charge is 0.479 e. The predicted octanol–water partition coefficient (Wildman–Crippen LogP) is 5.67. The molecule has 0 radical (unpaired) electrons. The Morgan fingerprint density at radius 1 is 1.13 bits per heavy atom. The van der Waals surface area contributed by atoms with Gasteiger partial charge in [-0.05, 0) is 67.1 Å². The SMILES string of the molecule is CC1Oc2ccc(NC(=O)c3ccc(Br)cc3)cc2N(Cc2cccc(Cl)c2)C1=O. The molecule has 0 aliphatic carbocycles. The Kier molecular flexibility index (Phi) is 5.79. The highest BCUT2D eigenvalue weighted by Crippen LogP contribution is 2.37. The van der Waals surface area contributed by atoms with Crippen LogP contribution in [-0.2, 0) is 11.3 Å². The Bertz CT molecular complexity index is 1120. The maximum Gasteiger partial charge on any atom is 0.268 e. The highest BCUT2D eigenvalue weighted by molar-refractivity contribution is 9.10. The van der Waals surface area contributed by atoms with Gasteiger partial charge in [-0.15, -0.1) is 0 Å². The summed E-state index contributed by atoms with van der Waals surface area (Å²) in [4.78, 5) is 27.1. The third-order valence-corrected chi connectivity index (χ3v) is 5.53. The average molecular weight is 486 g/mol. The van der Waals surface area contributed by atoms with Crippen molar-refractivity contribution in [1.29, 1.82) is 0 Å². The van der Waals surface area contributed by atoms with Crippen LogP contribution >= 0.6 is 27.5 Å². The summed E-state index contributed by atoms with van der Waals surface area (Å²) in [6.45, 7) is 2.07. The maximum atomic E-state index is 12.8. The number of nitrogens with zero attached hydrogens (tertiary/aromatic N) is 1. The number of fused-ring (bicyclic) bond motifs is 1. The summed E-state index contributed by atoms with van der Waals surface area (Å²) in [5.41, 5.74) is 2.61. The second-order valence-electron chi connectivity index (χ2n) is 6.96. The number of hydrogen-bond donors (Lipinski definition) is 1. The van der Waals surface area contributed by atoms with Crippen molar-refractivity contribution in [3.63, 3.8) is 0 Å². The molecule has 0 fully saturated rings. The molecule has 3 aromatic rings. The van der Waals surface area contributed by atoms with Crippen LogP contribution in [0.4, 0.5) is 11.4 Å². The third kappa shape index (κ3) is 4.35. The van der Waals surface area contributed by atoms with Crippen LogP contribution < -0.4 is 15.0 Å². The topological polar surface area (TPSA) is 58.6 Å². The van der Waals surface area contributed by atoms with E-state index in [1.807, 2.05) is 30.3 Å². The molecule has 30 heavy (non-hydrogen) atoms. The highest BCUT2D eigenvalue weighted by Gasteiger charge is 2.32. The third-order valence-electron chi connectivity index (χ3n) is 4.76. The fraction of sp³-hybridized carbons (Fsp3) is 0.130. The Morgan fingerprint density at radius 3 is 2.63 bits per heavy atom. The molecule has 0 saturated heterocycles. The molecule has 7 heteroatoms.